The molecule has 0 saturated carbocycles. The van der Waals surface area contributed by atoms with Gasteiger partial charge in [0.25, 0.3) is 5.56 Å². The number of aromatic amines is 1. The van der Waals surface area contributed by atoms with Crippen LogP contribution in [0.4, 0.5) is 5.82 Å². The third kappa shape index (κ3) is 2.02. The normalized spacial score (nSPS) is 9.93. The zero-order valence-corrected chi connectivity index (χ0v) is 8.28. The van der Waals surface area contributed by atoms with Gasteiger partial charge in [-0.2, -0.15) is 0 Å². The molecule has 0 atom stereocenters. The predicted molar refractivity (Wildman–Crippen MR) is 53.7 cm³/mol. The van der Waals surface area contributed by atoms with Crippen molar-refractivity contribution in [3.05, 3.63) is 16.7 Å². The molecule has 1 rings (SSSR count). The van der Waals surface area contributed by atoms with Gasteiger partial charge < -0.3 is 20.4 Å². The molecular weight excluding hydrogens is 184 g/mol. The molecule has 0 amide bonds. The van der Waals surface area contributed by atoms with E-state index in [0.29, 0.717) is 18.9 Å². The van der Waals surface area contributed by atoms with E-state index in [1.165, 1.54) is 13.4 Å². The van der Waals surface area contributed by atoms with Gasteiger partial charge in [-0.3, -0.25) is 4.79 Å². The van der Waals surface area contributed by atoms with Crippen LogP contribution in [-0.2, 0) is 0 Å². The van der Waals surface area contributed by atoms with Crippen molar-refractivity contribution >= 4 is 5.82 Å². The Morgan fingerprint density at radius 1 is 1.71 bits per heavy atom. The minimum atomic E-state index is -0.290. The predicted octanol–water partition coefficient (Wildman–Crippen LogP) is -0.827. The van der Waals surface area contributed by atoms with E-state index in [1.54, 1.807) is 11.9 Å². The summed E-state index contributed by atoms with van der Waals surface area (Å²) in [5.41, 5.74) is 5.11. The zero-order chi connectivity index (χ0) is 10.6. The summed E-state index contributed by atoms with van der Waals surface area (Å²) in [4.78, 5) is 19.5. The smallest absolute Gasteiger partial charge is 0.295 e. The maximum atomic E-state index is 11.3. The molecule has 0 aromatic carbocycles. The zero-order valence-electron chi connectivity index (χ0n) is 8.28. The quantitative estimate of drug-likeness (QED) is 0.660. The molecule has 0 aliphatic heterocycles. The van der Waals surface area contributed by atoms with E-state index in [9.17, 15) is 4.79 Å². The fourth-order valence-corrected chi connectivity index (χ4v) is 1.13. The molecule has 0 aliphatic rings. The standard InChI is InChI=1S/C8H14N4O2/c1-12(4-3-9)7-6(14-2)8(13)11-5-10-7/h5H,3-4,9H2,1-2H3,(H,10,11,13). The third-order valence-corrected chi connectivity index (χ3v) is 1.82. The van der Waals surface area contributed by atoms with Crippen LogP contribution in [0.1, 0.15) is 0 Å². The van der Waals surface area contributed by atoms with Crippen LogP contribution < -0.4 is 20.9 Å². The first-order chi connectivity index (χ1) is 6.70. The summed E-state index contributed by atoms with van der Waals surface area (Å²) >= 11 is 0. The fourth-order valence-electron chi connectivity index (χ4n) is 1.13. The number of ether oxygens (including phenoxy) is 1. The average Bonchev–Trinajstić information content (AvgIpc) is 2.17. The summed E-state index contributed by atoms with van der Waals surface area (Å²) in [5, 5.41) is 0. The number of H-pyrrole nitrogens is 1. The van der Waals surface area contributed by atoms with Gasteiger partial charge in [0.2, 0.25) is 5.75 Å². The molecule has 1 aromatic rings. The van der Waals surface area contributed by atoms with Crippen LogP contribution in [0.15, 0.2) is 11.1 Å². The SMILES string of the molecule is COc1c(N(C)CCN)nc[nH]c1=O. The van der Waals surface area contributed by atoms with Gasteiger partial charge in [-0.15, -0.1) is 0 Å². The Kier molecular flexibility index (Phi) is 3.47. The molecule has 0 fully saturated rings. The maximum absolute atomic E-state index is 11.3. The second kappa shape index (κ2) is 4.61. The van der Waals surface area contributed by atoms with Crippen LogP contribution in [0.3, 0.4) is 0 Å². The highest BCUT2D eigenvalue weighted by molar-refractivity contribution is 5.49. The number of methoxy groups -OCH3 is 1. The largest absolute Gasteiger partial charge is 0.489 e. The monoisotopic (exact) mass is 198 g/mol. The average molecular weight is 198 g/mol. The van der Waals surface area contributed by atoms with Crippen LogP contribution in [0.25, 0.3) is 0 Å². The highest BCUT2D eigenvalue weighted by atomic mass is 16.5. The van der Waals surface area contributed by atoms with Crippen molar-refractivity contribution in [1.82, 2.24) is 9.97 Å². The minimum Gasteiger partial charge on any atom is -0.489 e. The van der Waals surface area contributed by atoms with Crippen LogP contribution in [0.2, 0.25) is 0 Å². The van der Waals surface area contributed by atoms with E-state index in [0.717, 1.165) is 0 Å². The van der Waals surface area contributed by atoms with Gasteiger partial charge in [-0.1, -0.05) is 0 Å². The highest BCUT2D eigenvalue weighted by Crippen LogP contribution is 2.17. The summed E-state index contributed by atoms with van der Waals surface area (Å²) in [6.07, 6.45) is 1.34. The molecule has 1 aromatic heterocycles. The Bertz CT molecular complexity index is 349. The maximum Gasteiger partial charge on any atom is 0.295 e. The molecule has 78 valence electrons. The molecular formula is C8H14N4O2. The molecule has 0 spiro atoms. The van der Waals surface area contributed by atoms with Crippen molar-refractivity contribution in [3.8, 4) is 5.75 Å². The molecule has 6 heteroatoms. The third-order valence-electron chi connectivity index (χ3n) is 1.82. The molecule has 0 saturated heterocycles. The number of anilines is 1. The summed E-state index contributed by atoms with van der Waals surface area (Å²) in [7, 11) is 3.24. The lowest BCUT2D eigenvalue weighted by Gasteiger charge is -2.18. The van der Waals surface area contributed by atoms with Gasteiger partial charge in [-0.25, -0.2) is 4.98 Å². The van der Waals surface area contributed by atoms with Crippen LogP contribution >= 0.6 is 0 Å². The summed E-state index contributed by atoms with van der Waals surface area (Å²) in [6.45, 7) is 1.11. The summed E-state index contributed by atoms with van der Waals surface area (Å²) in [5.74, 6) is 0.713. The second-order valence-electron chi connectivity index (χ2n) is 2.80. The lowest BCUT2D eigenvalue weighted by Crippen LogP contribution is -2.28. The van der Waals surface area contributed by atoms with Crippen molar-refractivity contribution in [2.24, 2.45) is 5.73 Å². The van der Waals surface area contributed by atoms with E-state index in [1.807, 2.05) is 0 Å². The van der Waals surface area contributed by atoms with Gasteiger partial charge in [-0.05, 0) is 0 Å². The van der Waals surface area contributed by atoms with Crippen LogP contribution in [-0.4, -0.2) is 37.2 Å². The number of hydrogen-bond donors (Lipinski definition) is 2. The highest BCUT2D eigenvalue weighted by Gasteiger charge is 2.12. The van der Waals surface area contributed by atoms with Crippen molar-refractivity contribution < 1.29 is 4.74 Å². The second-order valence-corrected chi connectivity index (χ2v) is 2.80. The van der Waals surface area contributed by atoms with Gasteiger partial charge in [0.05, 0.1) is 13.4 Å². The molecule has 1 heterocycles. The first kappa shape index (κ1) is 10.5. The lowest BCUT2D eigenvalue weighted by molar-refractivity contribution is 0.406. The molecule has 0 aliphatic carbocycles. The molecule has 0 radical (unpaired) electrons. The number of rotatable bonds is 4. The topological polar surface area (TPSA) is 84.2 Å². The molecule has 6 nitrogen and oxygen atoms in total. The van der Waals surface area contributed by atoms with Crippen molar-refractivity contribution in [2.45, 2.75) is 0 Å². The minimum absolute atomic E-state index is 0.212. The number of nitrogens with zero attached hydrogens (tertiary/aromatic N) is 2. The van der Waals surface area contributed by atoms with E-state index in [-0.39, 0.29) is 11.3 Å². The fraction of sp³-hybridized carbons (Fsp3) is 0.500. The number of likely N-dealkylation sites (N-methyl/N-ethyl adjacent to an activating group) is 1. The number of nitrogens with one attached hydrogen (secondary N) is 1. The summed E-state index contributed by atoms with van der Waals surface area (Å²) < 4.78 is 4.95. The molecule has 0 bridgehead atoms. The van der Waals surface area contributed by atoms with Crippen LogP contribution in [0, 0.1) is 0 Å². The molecule has 14 heavy (non-hydrogen) atoms. The van der Waals surface area contributed by atoms with E-state index in [2.05, 4.69) is 9.97 Å². The van der Waals surface area contributed by atoms with Crippen molar-refractivity contribution in [3.63, 3.8) is 0 Å². The van der Waals surface area contributed by atoms with Gasteiger partial charge in [0.1, 0.15) is 0 Å². The van der Waals surface area contributed by atoms with Gasteiger partial charge in [0.15, 0.2) is 5.82 Å². The van der Waals surface area contributed by atoms with Crippen molar-refractivity contribution in [1.29, 1.82) is 0 Å². The van der Waals surface area contributed by atoms with Crippen LogP contribution in [0.5, 0.6) is 5.75 Å². The first-order valence-electron chi connectivity index (χ1n) is 4.23. The van der Waals surface area contributed by atoms with E-state index in [4.69, 9.17) is 10.5 Å². The Balaban J connectivity index is 3.07. The Labute approximate surface area is 81.7 Å². The summed E-state index contributed by atoms with van der Waals surface area (Å²) in [6, 6.07) is 0. The van der Waals surface area contributed by atoms with Crippen molar-refractivity contribution in [2.75, 3.05) is 32.1 Å². The Hall–Kier alpha value is -1.56. The van der Waals surface area contributed by atoms with E-state index < -0.39 is 0 Å². The van der Waals surface area contributed by atoms with Gasteiger partial charge in [0, 0.05) is 20.1 Å². The number of aromatic nitrogens is 2. The first-order valence-corrected chi connectivity index (χ1v) is 4.23. The lowest BCUT2D eigenvalue weighted by atomic mass is 10.4. The number of nitrogens with two attached hydrogens (primary N) is 1. The number of hydrogen-bond acceptors (Lipinski definition) is 5. The Morgan fingerprint density at radius 3 is 3.00 bits per heavy atom. The Morgan fingerprint density at radius 2 is 2.43 bits per heavy atom. The van der Waals surface area contributed by atoms with E-state index >= 15 is 0 Å². The molecule has 0 unspecified atom stereocenters. The van der Waals surface area contributed by atoms with Gasteiger partial charge >= 0.3 is 0 Å². The molecule has 3 N–H and O–H groups in total.